The van der Waals surface area contributed by atoms with E-state index in [-0.39, 0.29) is 23.8 Å². The molecule has 2 aromatic carbocycles. The first-order valence-electron chi connectivity index (χ1n) is 7.45. The minimum Gasteiger partial charge on any atom is -0.480 e. The van der Waals surface area contributed by atoms with Gasteiger partial charge < -0.3 is 9.47 Å². The third kappa shape index (κ3) is 4.71. The smallest absolute Gasteiger partial charge is 0.480 e. The zero-order chi connectivity index (χ0) is 19.4. The van der Waals surface area contributed by atoms with E-state index in [1.165, 1.54) is 41.2 Å². The number of nitro benzene ring substituents is 1. The van der Waals surface area contributed by atoms with Gasteiger partial charge in [-0.3, -0.25) is 10.1 Å². The second-order valence-electron chi connectivity index (χ2n) is 5.21. The zero-order valence-corrected chi connectivity index (χ0v) is 13.5. The molecule has 1 aromatic heterocycles. The van der Waals surface area contributed by atoms with Gasteiger partial charge in [0.15, 0.2) is 5.75 Å². The van der Waals surface area contributed by atoms with Crippen molar-refractivity contribution in [1.82, 2.24) is 15.0 Å². The summed E-state index contributed by atoms with van der Waals surface area (Å²) in [5, 5.41) is 18.7. The number of nitrogens with zero attached hydrogens (tertiary/aromatic N) is 4. The van der Waals surface area contributed by atoms with Gasteiger partial charge in [-0.05, 0) is 30.3 Å². The van der Waals surface area contributed by atoms with E-state index in [0.717, 1.165) is 12.1 Å². The fourth-order valence-electron chi connectivity index (χ4n) is 2.17. The Labute approximate surface area is 149 Å². The van der Waals surface area contributed by atoms with Crippen LogP contribution in [-0.4, -0.2) is 26.3 Å². The summed E-state index contributed by atoms with van der Waals surface area (Å²) >= 11 is 0. The lowest BCUT2D eigenvalue weighted by Gasteiger charge is -2.09. The molecular formula is C16H11F3N4O4. The van der Waals surface area contributed by atoms with Gasteiger partial charge in [-0.1, -0.05) is 17.3 Å². The number of halogens is 3. The Kier molecular flexibility index (Phi) is 4.92. The Balaban J connectivity index is 1.68. The van der Waals surface area contributed by atoms with E-state index < -0.39 is 11.3 Å². The van der Waals surface area contributed by atoms with Gasteiger partial charge in [0.05, 0.1) is 16.8 Å². The largest absolute Gasteiger partial charge is 0.573 e. The van der Waals surface area contributed by atoms with Crippen LogP contribution in [0.4, 0.5) is 18.9 Å². The topological polar surface area (TPSA) is 92.3 Å². The maximum absolute atomic E-state index is 12.2. The summed E-state index contributed by atoms with van der Waals surface area (Å²) in [5.74, 6) is -0.267. The molecule has 0 N–H and O–H groups in total. The molecule has 1 heterocycles. The van der Waals surface area contributed by atoms with E-state index in [0.29, 0.717) is 11.4 Å². The summed E-state index contributed by atoms with van der Waals surface area (Å²) in [6, 6.07) is 10.9. The van der Waals surface area contributed by atoms with Gasteiger partial charge in [0, 0.05) is 6.07 Å². The van der Waals surface area contributed by atoms with Crippen LogP contribution < -0.4 is 9.47 Å². The molecule has 0 fully saturated rings. The van der Waals surface area contributed by atoms with Crippen LogP contribution in [0.1, 0.15) is 5.69 Å². The number of hydrogen-bond donors (Lipinski definition) is 0. The summed E-state index contributed by atoms with van der Waals surface area (Å²) in [7, 11) is 0. The van der Waals surface area contributed by atoms with Gasteiger partial charge >= 0.3 is 12.0 Å². The molecule has 0 unspecified atom stereocenters. The number of benzene rings is 2. The Bertz CT molecular complexity index is 941. The van der Waals surface area contributed by atoms with Crippen LogP contribution in [0.15, 0.2) is 54.7 Å². The molecule has 3 rings (SSSR count). The van der Waals surface area contributed by atoms with Gasteiger partial charge in [0.25, 0.3) is 0 Å². The van der Waals surface area contributed by atoms with E-state index in [4.69, 9.17) is 4.74 Å². The van der Waals surface area contributed by atoms with Gasteiger partial charge in [-0.2, -0.15) is 0 Å². The number of ether oxygens (including phenoxy) is 2. The Hall–Kier alpha value is -3.63. The average Bonchev–Trinajstić information content (AvgIpc) is 3.08. The molecule has 0 spiro atoms. The van der Waals surface area contributed by atoms with Crippen molar-refractivity contribution in [2.45, 2.75) is 13.0 Å². The molecule has 0 aliphatic carbocycles. The van der Waals surface area contributed by atoms with Crippen LogP contribution in [0.5, 0.6) is 11.5 Å². The van der Waals surface area contributed by atoms with Gasteiger partial charge in [-0.15, -0.1) is 18.3 Å². The zero-order valence-electron chi connectivity index (χ0n) is 13.5. The highest BCUT2D eigenvalue weighted by Crippen LogP contribution is 2.27. The van der Waals surface area contributed by atoms with Crippen molar-refractivity contribution in [1.29, 1.82) is 0 Å². The first-order chi connectivity index (χ1) is 12.8. The normalized spacial score (nSPS) is 11.2. The summed E-state index contributed by atoms with van der Waals surface area (Å²) in [5.41, 5.74) is 0.655. The standard InChI is InChI=1S/C16H11F3N4O4/c17-16(18,19)27-13-7-5-12(6-8-13)22-9-11(20-21-22)10-26-15-4-2-1-3-14(15)23(24)25/h1-9H,10H2. The van der Waals surface area contributed by atoms with Crippen molar-refractivity contribution in [3.8, 4) is 17.2 Å². The number of para-hydroxylation sites is 2. The molecule has 0 saturated heterocycles. The van der Waals surface area contributed by atoms with Crippen molar-refractivity contribution in [3.05, 3.63) is 70.5 Å². The molecule has 11 heteroatoms. The van der Waals surface area contributed by atoms with E-state index in [1.54, 1.807) is 6.07 Å². The summed E-state index contributed by atoms with van der Waals surface area (Å²) in [6.45, 7) is -0.0693. The van der Waals surface area contributed by atoms with E-state index in [9.17, 15) is 23.3 Å². The number of rotatable bonds is 6. The SMILES string of the molecule is O=[N+]([O-])c1ccccc1OCc1cn(-c2ccc(OC(F)(F)F)cc2)nn1. The predicted molar refractivity (Wildman–Crippen MR) is 85.5 cm³/mol. The third-order valence-corrected chi connectivity index (χ3v) is 3.31. The fourth-order valence-corrected chi connectivity index (χ4v) is 2.17. The average molecular weight is 380 g/mol. The molecule has 0 saturated carbocycles. The maximum Gasteiger partial charge on any atom is 0.573 e. The molecule has 0 bridgehead atoms. The number of hydrogen-bond acceptors (Lipinski definition) is 6. The predicted octanol–water partition coefficient (Wildman–Crippen LogP) is 3.65. The van der Waals surface area contributed by atoms with Gasteiger partial charge in [0.2, 0.25) is 0 Å². The van der Waals surface area contributed by atoms with E-state index >= 15 is 0 Å². The lowest BCUT2D eigenvalue weighted by atomic mass is 10.3. The van der Waals surface area contributed by atoms with Crippen LogP contribution in [0, 0.1) is 10.1 Å². The quantitative estimate of drug-likeness (QED) is 0.479. The second-order valence-corrected chi connectivity index (χ2v) is 5.21. The Morgan fingerprint density at radius 3 is 2.48 bits per heavy atom. The maximum atomic E-state index is 12.2. The van der Waals surface area contributed by atoms with Crippen LogP contribution in [-0.2, 0) is 6.61 Å². The van der Waals surface area contributed by atoms with Crippen molar-refractivity contribution in [2.24, 2.45) is 0 Å². The second kappa shape index (κ2) is 7.32. The van der Waals surface area contributed by atoms with Gasteiger partial charge in [-0.25, -0.2) is 4.68 Å². The Morgan fingerprint density at radius 2 is 1.81 bits per heavy atom. The highest BCUT2D eigenvalue weighted by molar-refractivity contribution is 5.45. The molecule has 0 aliphatic heterocycles. The van der Waals surface area contributed by atoms with Crippen LogP contribution >= 0.6 is 0 Å². The van der Waals surface area contributed by atoms with E-state index in [1.807, 2.05) is 0 Å². The highest BCUT2D eigenvalue weighted by Gasteiger charge is 2.31. The minimum atomic E-state index is -4.76. The van der Waals surface area contributed by atoms with Crippen molar-refractivity contribution in [3.63, 3.8) is 0 Å². The summed E-state index contributed by atoms with van der Waals surface area (Å²) < 4.78 is 47.0. The first kappa shape index (κ1) is 18.2. The fraction of sp³-hybridized carbons (Fsp3) is 0.125. The van der Waals surface area contributed by atoms with E-state index in [2.05, 4.69) is 15.0 Å². The van der Waals surface area contributed by atoms with Crippen molar-refractivity contribution >= 4 is 5.69 Å². The molecule has 140 valence electrons. The molecule has 0 aliphatic rings. The van der Waals surface area contributed by atoms with Crippen LogP contribution in [0.25, 0.3) is 5.69 Å². The number of alkyl halides is 3. The Morgan fingerprint density at radius 1 is 1.11 bits per heavy atom. The highest BCUT2D eigenvalue weighted by atomic mass is 19.4. The molecule has 0 atom stereocenters. The lowest BCUT2D eigenvalue weighted by Crippen LogP contribution is -2.17. The van der Waals surface area contributed by atoms with Crippen LogP contribution in [0.3, 0.4) is 0 Å². The monoisotopic (exact) mass is 380 g/mol. The van der Waals surface area contributed by atoms with Crippen molar-refractivity contribution < 1.29 is 27.6 Å². The molecule has 8 nitrogen and oxygen atoms in total. The number of aromatic nitrogens is 3. The molecule has 0 amide bonds. The molecule has 0 radical (unpaired) electrons. The first-order valence-corrected chi connectivity index (χ1v) is 7.45. The summed E-state index contributed by atoms with van der Waals surface area (Å²) in [6.07, 6.45) is -3.27. The minimum absolute atomic E-state index is 0.0693. The number of nitro groups is 1. The summed E-state index contributed by atoms with van der Waals surface area (Å²) in [4.78, 5) is 10.4. The molecular weight excluding hydrogens is 369 g/mol. The van der Waals surface area contributed by atoms with Crippen LogP contribution in [0.2, 0.25) is 0 Å². The van der Waals surface area contributed by atoms with Crippen molar-refractivity contribution in [2.75, 3.05) is 0 Å². The third-order valence-electron chi connectivity index (χ3n) is 3.31. The molecule has 27 heavy (non-hydrogen) atoms. The lowest BCUT2D eigenvalue weighted by molar-refractivity contribution is -0.385. The molecule has 3 aromatic rings. The van der Waals surface area contributed by atoms with Gasteiger partial charge in [0.1, 0.15) is 18.1 Å².